The predicted octanol–water partition coefficient (Wildman–Crippen LogP) is 1.39. The monoisotopic (exact) mass is 353 g/mol. The Balaban J connectivity index is 1.82. The van der Waals surface area contributed by atoms with Crippen LogP contribution in [0.5, 0.6) is 11.6 Å². The van der Waals surface area contributed by atoms with Gasteiger partial charge in [0.1, 0.15) is 12.4 Å². The number of nitrogens with zero attached hydrogens (tertiary/aromatic N) is 1. The van der Waals surface area contributed by atoms with Crippen molar-refractivity contribution in [3.05, 3.63) is 30.0 Å². The standard InChI is InChI=1S/C19H19N3O4/c1-2-8-25-16-11-14-12(10-15(16)18(20)24)5-7-21-19(14)26-9-6-13-3-4-17(23)22-13/h1,5,7,10-11,13H,3-4,6,8-9H2,(H2,20,24)(H,22,23)/t13-/m0/s1. The van der Waals surface area contributed by atoms with Gasteiger partial charge in [0, 0.05) is 30.5 Å². The molecule has 134 valence electrons. The molecule has 1 aliphatic rings. The number of nitrogens with two attached hydrogens (primary N) is 1. The molecule has 2 aromatic rings. The number of benzene rings is 1. The van der Waals surface area contributed by atoms with E-state index in [0.717, 1.165) is 11.8 Å². The van der Waals surface area contributed by atoms with Gasteiger partial charge < -0.3 is 20.5 Å². The van der Waals surface area contributed by atoms with Crippen molar-refractivity contribution in [1.29, 1.82) is 0 Å². The van der Waals surface area contributed by atoms with Gasteiger partial charge in [-0.25, -0.2) is 4.98 Å². The lowest BCUT2D eigenvalue weighted by molar-refractivity contribution is -0.119. The topological polar surface area (TPSA) is 104 Å². The number of rotatable bonds is 7. The van der Waals surface area contributed by atoms with E-state index in [4.69, 9.17) is 21.6 Å². The van der Waals surface area contributed by atoms with E-state index < -0.39 is 5.91 Å². The number of carbonyl (C=O) groups excluding carboxylic acids is 2. The molecule has 3 N–H and O–H groups in total. The summed E-state index contributed by atoms with van der Waals surface area (Å²) in [5, 5.41) is 4.35. The second-order valence-corrected chi connectivity index (χ2v) is 5.98. The van der Waals surface area contributed by atoms with Crippen molar-refractivity contribution >= 4 is 22.6 Å². The molecule has 1 atom stereocenters. The zero-order chi connectivity index (χ0) is 18.5. The first-order valence-electron chi connectivity index (χ1n) is 8.29. The van der Waals surface area contributed by atoms with Crippen molar-refractivity contribution in [3.63, 3.8) is 0 Å². The number of carbonyl (C=O) groups is 2. The normalized spacial score (nSPS) is 16.1. The Kier molecular flexibility index (Phi) is 5.23. The van der Waals surface area contributed by atoms with Crippen LogP contribution in [0.3, 0.4) is 0 Å². The molecule has 2 heterocycles. The smallest absolute Gasteiger partial charge is 0.252 e. The van der Waals surface area contributed by atoms with Crippen LogP contribution in [0.4, 0.5) is 0 Å². The Hall–Kier alpha value is -3.27. The maximum absolute atomic E-state index is 11.7. The molecular weight excluding hydrogens is 334 g/mol. The van der Waals surface area contributed by atoms with Gasteiger partial charge in [0.05, 0.1) is 12.2 Å². The molecule has 1 saturated heterocycles. The number of ether oxygens (including phenoxy) is 2. The summed E-state index contributed by atoms with van der Waals surface area (Å²) in [4.78, 5) is 27.2. The molecule has 1 aliphatic heterocycles. The lowest BCUT2D eigenvalue weighted by Crippen LogP contribution is -2.26. The Morgan fingerprint density at radius 3 is 2.96 bits per heavy atom. The van der Waals surface area contributed by atoms with Gasteiger partial charge in [-0.05, 0) is 30.0 Å². The summed E-state index contributed by atoms with van der Waals surface area (Å²) in [7, 11) is 0. The zero-order valence-corrected chi connectivity index (χ0v) is 14.2. The molecule has 0 radical (unpaired) electrons. The Morgan fingerprint density at radius 1 is 1.42 bits per heavy atom. The van der Waals surface area contributed by atoms with E-state index in [2.05, 4.69) is 16.2 Å². The fraction of sp³-hybridized carbons (Fsp3) is 0.316. The van der Waals surface area contributed by atoms with Crippen molar-refractivity contribution in [3.8, 4) is 24.0 Å². The first-order valence-corrected chi connectivity index (χ1v) is 8.29. The lowest BCUT2D eigenvalue weighted by atomic mass is 10.1. The van der Waals surface area contributed by atoms with Crippen molar-refractivity contribution in [1.82, 2.24) is 10.3 Å². The first-order chi connectivity index (χ1) is 12.6. The summed E-state index contributed by atoms with van der Waals surface area (Å²) in [6.45, 7) is 0.429. The number of primary amides is 1. The van der Waals surface area contributed by atoms with E-state index >= 15 is 0 Å². The molecule has 1 aromatic carbocycles. The number of fused-ring (bicyclic) bond motifs is 1. The molecule has 1 fully saturated rings. The summed E-state index contributed by atoms with van der Waals surface area (Å²) in [5.74, 6) is 2.55. The minimum Gasteiger partial charge on any atom is -0.480 e. The van der Waals surface area contributed by atoms with E-state index in [1.807, 2.05) is 0 Å². The largest absolute Gasteiger partial charge is 0.480 e. The molecule has 0 spiro atoms. The van der Waals surface area contributed by atoms with Crippen molar-refractivity contribution in [2.45, 2.75) is 25.3 Å². The van der Waals surface area contributed by atoms with E-state index in [1.54, 1.807) is 24.4 Å². The fourth-order valence-electron chi connectivity index (χ4n) is 2.91. The molecule has 0 unspecified atom stereocenters. The quantitative estimate of drug-likeness (QED) is 0.732. The molecule has 0 aliphatic carbocycles. The second kappa shape index (κ2) is 7.74. The first kappa shape index (κ1) is 17.5. The van der Waals surface area contributed by atoms with Gasteiger partial charge in [-0.1, -0.05) is 5.92 Å². The van der Waals surface area contributed by atoms with Gasteiger partial charge in [0.15, 0.2) is 0 Å². The average Bonchev–Trinajstić information content (AvgIpc) is 3.04. The molecule has 2 amide bonds. The number of hydrogen-bond acceptors (Lipinski definition) is 5. The predicted molar refractivity (Wildman–Crippen MR) is 95.9 cm³/mol. The van der Waals surface area contributed by atoms with Crippen molar-refractivity contribution in [2.75, 3.05) is 13.2 Å². The van der Waals surface area contributed by atoms with Crippen LogP contribution < -0.4 is 20.5 Å². The van der Waals surface area contributed by atoms with Crippen LogP contribution in [-0.2, 0) is 4.79 Å². The summed E-state index contributed by atoms with van der Waals surface area (Å²) in [6, 6.07) is 5.19. The SMILES string of the molecule is C#CCOc1cc2c(OCC[C@@H]3CCC(=O)N3)nccc2cc1C(N)=O. The van der Waals surface area contributed by atoms with Gasteiger partial charge >= 0.3 is 0 Å². The highest BCUT2D eigenvalue weighted by molar-refractivity contribution is 6.01. The Morgan fingerprint density at radius 2 is 2.27 bits per heavy atom. The van der Waals surface area contributed by atoms with E-state index in [-0.39, 0.29) is 24.1 Å². The summed E-state index contributed by atoms with van der Waals surface area (Å²) < 4.78 is 11.2. The third-order valence-electron chi connectivity index (χ3n) is 4.19. The highest BCUT2D eigenvalue weighted by Gasteiger charge is 2.20. The van der Waals surface area contributed by atoms with Gasteiger partial charge in [0.2, 0.25) is 11.8 Å². The van der Waals surface area contributed by atoms with Crippen LogP contribution in [0.2, 0.25) is 0 Å². The lowest BCUT2D eigenvalue weighted by Gasteiger charge is -2.14. The molecular formula is C19H19N3O4. The minimum atomic E-state index is -0.602. The zero-order valence-electron chi connectivity index (χ0n) is 14.2. The van der Waals surface area contributed by atoms with Gasteiger partial charge in [-0.2, -0.15) is 0 Å². The highest BCUT2D eigenvalue weighted by atomic mass is 16.5. The number of terminal acetylenes is 1. The minimum absolute atomic E-state index is 0.0175. The third kappa shape index (κ3) is 3.86. The van der Waals surface area contributed by atoms with Gasteiger partial charge in [-0.3, -0.25) is 9.59 Å². The van der Waals surface area contributed by atoms with Crippen molar-refractivity contribution < 1.29 is 19.1 Å². The van der Waals surface area contributed by atoms with Crippen LogP contribution in [0.25, 0.3) is 10.8 Å². The van der Waals surface area contributed by atoms with Crippen LogP contribution in [0.1, 0.15) is 29.6 Å². The van der Waals surface area contributed by atoms with Crippen LogP contribution in [-0.4, -0.2) is 36.1 Å². The molecule has 1 aromatic heterocycles. The fourth-order valence-corrected chi connectivity index (χ4v) is 2.91. The number of aromatic nitrogens is 1. The number of amides is 2. The van der Waals surface area contributed by atoms with Crippen molar-refractivity contribution in [2.24, 2.45) is 5.73 Å². The van der Waals surface area contributed by atoms with Crippen LogP contribution in [0, 0.1) is 12.3 Å². The number of nitrogens with one attached hydrogen (secondary N) is 1. The summed E-state index contributed by atoms with van der Waals surface area (Å²) in [6.07, 6.45) is 8.89. The third-order valence-corrected chi connectivity index (χ3v) is 4.19. The Labute approximate surface area is 150 Å². The second-order valence-electron chi connectivity index (χ2n) is 5.98. The maximum atomic E-state index is 11.7. The van der Waals surface area contributed by atoms with Crippen LogP contribution >= 0.6 is 0 Å². The van der Waals surface area contributed by atoms with Gasteiger partial charge in [0.25, 0.3) is 5.91 Å². The highest BCUT2D eigenvalue weighted by Crippen LogP contribution is 2.31. The molecule has 26 heavy (non-hydrogen) atoms. The van der Waals surface area contributed by atoms with E-state index in [0.29, 0.717) is 36.5 Å². The molecule has 0 bridgehead atoms. The summed E-state index contributed by atoms with van der Waals surface area (Å²) >= 11 is 0. The number of hydrogen-bond donors (Lipinski definition) is 2. The van der Waals surface area contributed by atoms with Gasteiger partial charge in [-0.15, -0.1) is 6.42 Å². The number of pyridine rings is 1. The maximum Gasteiger partial charge on any atom is 0.252 e. The van der Waals surface area contributed by atoms with Crippen LogP contribution in [0.15, 0.2) is 24.4 Å². The van der Waals surface area contributed by atoms with E-state index in [1.165, 1.54) is 0 Å². The summed E-state index contributed by atoms with van der Waals surface area (Å²) in [5.41, 5.74) is 5.67. The average molecular weight is 353 g/mol. The molecule has 3 rings (SSSR count). The van der Waals surface area contributed by atoms with E-state index in [9.17, 15) is 9.59 Å². The molecule has 7 heteroatoms. The Bertz CT molecular complexity index is 888. The molecule has 7 nitrogen and oxygen atoms in total. The molecule has 0 saturated carbocycles.